The fraction of sp³-hybridized carbons (Fsp3) is 0. The maximum Gasteiger partial charge on any atom is 0.247 e. The molecular weight excluding hydrogens is 444 g/mol. The van der Waals surface area contributed by atoms with E-state index in [9.17, 15) is 4.79 Å². The average Bonchev–Trinajstić information content (AvgIpc) is 2.93. The number of hydrogen-bond acceptors (Lipinski definition) is 4. The first-order valence-electron chi connectivity index (χ1n) is 11.5. The van der Waals surface area contributed by atoms with Crippen molar-refractivity contribution in [3.05, 3.63) is 128 Å². The van der Waals surface area contributed by atoms with Crippen LogP contribution in [-0.4, -0.2) is 15.9 Å². The van der Waals surface area contributed by atoms with Crippen molar-refractivity contribution in [1.82, 2.24) is 9.97 Å². The van der Waals surface area contributed by atoms with E-state index in [4.69, 9.17) is 0 Å². The number of rotatable bonds is 7. The summed E-state index contributed by atoms with van der Waals surface area (Å²) in [7, 11) is 0. The molecule has 0 aliphatic rings. The highest BCUT2D eigenvalue weighted by molar-refractivity contribution is 6.01. The molecule has 5 heteroatoms. The standard InChI is InChI=1S/C31H24N4O/c1-3-30(36)35-28-11-7-8-24(17-28)29-18-25(16-26-19-32-20-33-31(26)29)23-14-12-22(13-15-23)21(2)34-27-9-5-4-6-10-27/h3-20,34H,1-2H2,(H,35,36). The van der Waals surface area contributed by atoms with Crippen LogP contribution in [0.5, 0.6) is 0 Å². The molecule has 4 aromatic carbocycles. The van der Waals surface area contributed by atoms with E-state index in [0.717, 1.165) is 50.1 Å². The molecule has 174 valence electrons. The van der Waals surface area contributed by atoms with Gasteiger partial charge in [-0.15, -0.1) is 0 Å². The van der Waals surface area contributed by atoms with Crippen LogP contribution >= 0.6 is 0 Å². The zero-order valence-electron chi connectivity index (χ0n) is 19.6. The number of nitrogens with zero attached hydrogens (tertiary/aromatic N) is 2. The van der Waals surface area contributed by atoms with Gasteiger partial charge in [0.05, 0.1) is 5.52 Å². The van der Waals surface area contributed by atoms with Gasteiger partial charge in [-0.2, -0.15) is 0 Å². The van der Waals surface area contributed by atoms with Gasteiger partial charge in [-0.25, -0.2) is 9.97 Å². The minimum atomic E-state index is -0.253. The third kappa shape index (κ3) is 4.91. The van der Waals surface area contributed by atoms with Crippen molar-refractivity contribution in [2.75, 3.05) is 10.6 Å². The molecule has 2 N–H and O–H groups in total. The second-order valence-electron chi connectivity index (χ2n) is 8.31. The largest absolute Gasteiger partial charge is 0.356 e. The number of aromatic nitrogens is 2. The van der Waals surface area contributed by atoms with Crippen molar-refractivity contribution in [2.24, 2.45) is 0 Å². The molecule has 0 saturated heterocycles. The Balaban J connectivity index is 1.50. The molecule has 5 aromatic rings. The van der Waals surface area contributed by atoms with Crippen LogP contribution in [-0.2, 0) is 4.79 Å². The lowest BCUT2D eigenvalue weighted by Crippen LogP contribution is -2.07. The van der Waals surface area contributed by atoms with Gasteiger partial charge in [0.15, 0.2) is 0 Å². The van der Waals surface area contributed by atoms with Crippen molar-refractivity contribution in [3.63, 3.8) is 0 Å². The third-order valence-corrected chi connectivity index (χ3v) is 5.87. The van der Waals surface area contributed by atoms with Crippen LogP contribution < -0.4 is 10.6 Å². The fourth-order valence-electron chi connectivity index (χ4n) is 4.08. The van der Waals surface area contributed by atoms with E-state index in [1.54, 1.807) is 6.33 Å². The lowest BCUT2D eigenvalue weighted by Gasteiger charge is -2.13. The Morgan fingerprint density at radius 3 is 2.33 bits per heavy atom. The quantitative estimate of drug-likeness (QED) is 0.249. The maximum absolute atomic E-state index is 11.8. The van der Waals surface area contributed by atoms with Crippen LogP contribution in [0.4, 0.5) is 11.4 Å². The van der Waals surface area contributed by atoms with Gasteiger partial charge in [-0.05, 0) is 64.7 Å². The lowest BCUT2D eigenvalue weighted by molar-refractivity contribution is -0.111. The van der Waals surface area contributed by atoms with Crippen molar-refractivity contribution in [1.29, 1.82) is 0 Å². The lowest BCUT2D eigenvalue weighted by atomic mass is 9.95. The minimum absolute atomic E-state index is 0.253. The summed E-state index contributed by atoms with van der Waals surface area (Å²) in [5.41, 5.74) is 8.39. The summed E-state index contributed by atoms with van der Waals surface area (Å²) in [5, 5.41) is 7.11. The first kappa shape index (κ1) is 22.7. The summed E-state index contributed by atoms with van der Waals surface area (Å²) in [6.07, 6.45) is 4.62. The molecule has 0 bridgehead atoms. The Morgan fingerprint density at radius 1 is 0.778 bits per heavy atom. The van der Waals surface area contributed by atoms with Crippen LogP contribution in [0.25, 0.3) is 38.9 Å². The maximum atomic E-state index is 11.8. The van der Waals surface area contributed by atoms with E-state index in [1.807, 2.05) is 60.8 Å². The fourth-order valence-corrected chi connectivity index (χ4v) is 4.08. The van der Waals surface area contributed by atoms with Gasteiger partial charge in [0.1, 0.15) is 6.33 Å². The van der Waals surface area contributed by atoms with Crippen LogP contribution in [0.3, 0.4) is 0 Å². The highest BCUT2D eigenvalue weighted by atomic mass is 16.1. The summed E-state index contributed by atoms with van der Waals surface area (Å²) in [6, 6.07) is 30.2. The average molecular weight is 469 g/mol. The zero-order valence-corrected chi connectivity index (χ0v) is 19.6. The molecule has 5 rings (SSSR count). The summed E-state index contributed by atoms with van der Waals surface area (Å²) in [5.74, 6) is -0.253. The van der Waals surface area contributed by atoms with Gasteiger partial charge in [0, 0.05) is 34.2 Å². The second kappa shape index (κ2) is 10.1. The minimum Gasteiger partial charge on any atom is -0.356 e. The Bertz CT molecular complexity index is 1570. The molecule has 0 atom stereocenters. The second-order valence-corrected chi connectivity index (χ2v) is 8.31. The predicted octanol–water partition coefficient (Wildman–Crippen LogP) is 7.17. The topological polar surface area (TPSA) is 66.9 Å². The highest BCUT2D eigenvalue weighted by Crippen LogP contribution is 2.34. The number of anilines is 2. The van der Waals surface area contributed by atoms with Crippen molar-refractivity contribution < 1.29 is 4.79 Å². The van der Waals surface area contributed by atoms with E-state index in [1.165, 1.54) is 6.08 Å². The summed E-state index contributed by atoms with van der Waals surface area (Å²) in [6.45, 7) is 7.71. The number of fused-ring (bicyclic) bond motifs is 1. The predicted molar refractivity (Wildman–Crippen MR) is 148 cm³/mol. The van der Waals surface area contributed by atoms with E-state index in [2.05, 4.69) is 70.2 Å². The highest BCUT2D eigenvalue weighted by Gasteiger charge is 2.11. The number of carbonyl (C=O) groups is 1. The SMILES string of the molecule is C=CC(=O)Nc1cccc(-c2cc(-c3ccc(C(=C)Nc4ccccc4)cc3)cc3cncnc23)c1. The smallest absolute Gasteiger partial charge is 0.247 e. The van der Waals surface area contributed by atoms with E-state index >= 15 is 0 Å². The Kier molecular flexibility index (Phi) is 6.36. The molecular formula is C31H24N4O. The first-order valence-corrected chi connectivity index (χ1v) is 11.5. The first-order chi connectivity index (χ1) is 17.6. The summed E-state index contributed by atoms with van der Waals surface area (Å²) >= 11 is 0. The number of para-hydroxylation sites is 1. The van der Waals surface area contributed by atoms with Gasteiger partial charge in [0.25, 0.3) is 0 Å². The molecule has 1 aromatic heterocycles. The van der Waals surface area contributed by atoms with Gasteiger partial charge in [-0.3, -0.25) is 4.79 Å². The molecule has 0 fully saturated rings. The number of hydrogen-bond donors (Lipinski definition) is 2. The van der Waals surface area contributed by atoms with E-state index in [-0.39, 0.29) is 5.91 Å². The normalized spacial score (nSPS) is 10.6. The van der Waals surface area contributed by atoms with Crippen LogP contribution in [0, 0.1) is 0 Å². The van der Waals surface area contributed by atoms with Crippen LogP contribution in [0.2, 0.25) is 0 Å². The third-order valence-electron chi connectivity index (χ3n) is 5.87. The number of nitrogens with one attached hydrogen (secondary N) is 2. The van der Waals surface area contributed by atoms with Gasteiger partial charge in [0.2, 0.25) is 5.91 Å². The van der Waals surface area contributed by atoms with E-state index in [0.29, 0.717) is 5.69 Å². The molecule has 1 heterocycles. The molecule has 0 aliphatic carbocycles. The van der Waals surface area contributed by atoms with Crippen LogP contribution in [0.15, 0.2) is 123 Å². The van der Waals surface area contributed by atoms with E-state index < -0.39 is 0 Å². The molecule has 1 amide bonds. The molecule has 0 radical (unpaired) electrons. The number of carbonyl (C=O) groups excluding carboxylic acids is 1. The summed E-state index contributed by atoms with van der Waals surface area (Å²) in [4.78, 5) is 20.6. The Hall–Kier alpha value is -5.03. The van der Waals surface area contributed by atoms with Gasteiger partial charge >= 0.3 is 0 Å². The monoisotopic (exact) mass is 468 g/mol. The van der Waals surface area contributed by atoms with Crippen molar-refractivity contribution in [2.45, 2.75) is 0 Å². The zero-order chi connectivity index (χ0) is 24.9. The summed E-state index contributed by atoms with van der Waals surface area (Å²) < 4.78 is 0. The van der Waals surface area contributed by atoms with Crippen molar-refractivity contribution in [3.8, 4) is 22.3 Å². The number of amides is 1. The molecule has 36 heavy (non-hydrogen) atoms. The Morgan fingerprint density at radius 2 is 1.56 bits per heavy atom. The molecule has 0 aliphatic heterocycles. The van der Waals surface area contributed by atoms with Crippen LogP contribution in [0.1, 0.15) is 5.56 Å². The van der Waals surface area contributed by atoms with Gasteiger partial charge < -0.3 is 10.6 Å². The number of benzene rings is 4. The van der Waals surface area contributed by atoms with Crippen molar-refractivity contribution >= 4 is 33.9 Å². The molecule has 5 nitrogen and oxygen atoms in total. The van der Waals surface area contributed by atoms with Gasteiger partial charge in [-0.1, -0.05) is 67.8 Å². The molecule has 0 saturated carbocycles. The molecule has 0 spiro atoms. The molecule has 0 unspecified atom stereocenters. The Labute approximate surface area is 209 Å².